The first kappa shape index (κ1) is 17.9. The largest absolute Gasteiger partial charge is 0.464 e. The van der Waals surface area contributed by atoms with Crippen molar-refractivity contribution in [1.82, 2.24) is 15.0 Å². The zero-order valence-corrected chi connectivity index (χ0v) is 16.9. The molecule has 0 fully saturated rings. The van der Waals surface area contributed by atoms with Crippen LogP contribution in [0.3, 0.4) is 0 Å². The van der Waals surface area contributed by atoms with Gasteiger partial charge in [-0.2, -0.15) is 0 Å². The number of thiazole rings is 3. The Bertz CT molecular complexity index is 1140. The van der Waals surface area contributed by atoms with Crippen LogP contribution < -0.4 is 5.73 Å². The molecule has 0 unspecified atom stereocenters. The highest BCUT2D eigenvalue weighted by atomic mass is 32.1. The maximum absolute atomic E-state index is 11.7. The van der Waals surface area contributed by atoms with Gasteiger partial charge >= 0.3 is 5.97 Å². The minimum Gasteiger partial charge on any atom is -0.464 e. The van der Waals surface area contributed by atoms with Gasteiger partial charge in [-0.3, -0.25) is 4.79 Å². The van der Waals surface area contributed by atoms with Gasteiger partial charge in [0.1, 0.15) is 21.4 Å². The molecule has 4 rings (SSSR count). The molecular formula is C16H10N4O3S4. The van der Waals surface area contributed by atoms with Gasteiger partial charge in [-0.15, -0.1) is 45.3 Å². The molecule has 0 aliphatic carbocycles. The second kappa shape index (κ2) is 7.27. The van der Waals surface area contributed by atoms with Crippen molar-refractivity contribution >= 4 is 57.2 Å². The molecule has 0 bridgehead atoms. The van der Waals surface area contributed by atoms with E-state index in [-0.39, 0.29) is 11.4 Å². The first-order chi connectivity index (χ1) is 13.1. The Morgan fingerprint density at radius 1 is 1.00 bits per heavy atom. The van der Waals surface area contributed by atoms with Gasteiger partial charge in [0.15, 0.2) is 5.69 Å². The van der Waals surface area contributed by atoms with Crippen LogP contribution in [0.2, 0.25) is 0 Å². The van der Waals surface area contributed by atoms with E-state index in [1.54, 1.807) is 16.3 Å². The number of primary amides is 1. The lowest BCUT2D eigenvalue weighted by atomic mass is 10.2. The molecule has 2 N–H and O–H groups in total. The molecule has 4 aromatic rings. The highest BCUT2D eigenvalue weighted by Crippen LogP contribution is 2.43. The first-order valence-corrected chi connectivity index (χ1v) is 10.9. The SMILES string of the molecule is COC(=O)c1csc(-c2ccsc2-c2ncsc2-c2nc(C(N)=O)cs2)n1. The van der Waals surface area contributed by atoms with Crippen LogP contribution in [-0.2, 0) is 4.74 Å². The number of esters is 1. The fourth-order valence-corrected chi connectivity index (χ4v) is 5.87. The molecule has 4 aromatic heterocycles. The third-order valence-electron chi connectivity index (χ3n) is 3.53. The molecule has 0 aliphatic rings. The van der Waals surface area contributed by atoms with Gasteiger partial charge in [-0.25, -0.2) is 19.7 Å². The summed E-state index contributed by atoms with van der Waals surface area (Å²) in [5, 5.41) is 6.66. The number of aromatic nitrogens is 3. The molecule has 0 atom stereocenters. The highest BCUT2D eigenvalue weighted by Gasteiger charge is 2.22. The third kappa shape index (κ3) is 3.30. The quantitative estimate of drug-likeness (QED) is 0.476. The number of rotatable bonds is 5. The molecule has 0 spiro atoms. The number of nitrogens with two attached hydrogens (primary N) is 1. The minimum absolute atomic E-state index is 0.239. The fraction of sp³-hybridized carbons (Fsp3) is 0.0625. The van der Waals surface area contributed by atoms with Crippen molar-refractivity contribution in [1.29, 1.82) is 0 Å². The topological polar surface area (TPSA) is 108 Å². The Hall–Kier alpha value is -2.47. The van der Waals surface area contributed by atoms with Crippen LogP contribution in [-0.4, -0.2) is 33.9 Å². The molecule has 136 valence electrons. The number of methoxy groups -OCH3 is 1. The lowest BCUT2D eigenvalue weighted by Crippen LogP contribution is -2.10. The maximum Gasteiger partial charge on any atom is 0.357 e. The van der Waals surface area contributed by atoms with E-state index in [0.29, 0.717) is 10.0 Å². The fourth-order valence-electron chi connectivity index (χ4n) is 2.31. The molecule has 0 aliphatic heterocycles. The molecular weight excluding hydrogens is 424 g/mol. The normalized spacial score (nSPS) is 10.9. The molecule has 7 nitrogen and oxygen atoms in total. The monoisotopic (exact) mass is 434 g/mol. The summed E-state index contributed by atoms with van der Waals surface area (Å²) >= 11 is 5.69. The number of hydrogen-bond acceptors (Lipinski definition) is 10. The number of carbonyl (C=O) groups excluding carboxylic acids is 2. The molecule has 4 heterocycles. The lowest BCUT2D eigenvalue weighted by molar-refractivity contribution is 0.0595. The summed E-state index contributed by atoms with van der Waals surface area (Å²) < 4.78 is 4.72. The minimum atomic E-state index is -0.557. The van der Waals surface area contributed by atoms with Crippen molar-refractivity contribution in [3.63, 3.8) is 0 Å². The zero-order chi connectivity index (χ0) is 19.0. The molecule has 0 saturated heterocycles. The number of amides is 1. The van der Waals surface area contributed by atoms with Crippen LogP contribution in [0.15, 0.2) is 27.7 Å². The van der Waals surface area contributed by atoms with E-state index in [2.05, 4.69) is 15.0 Å². The summed E-state index contributed by atoms with van der Waals surface area (Å²) in [5.74, 6) is -1.02. The number of hydrogen-bond donors (Lipinski definition) is 1. The molecule has 0 aromatic carbocycles. The summed E-state index contributed by atoms with van der Waals surface area (Å²) in [7, 11) is 1.33. The van der Waals surface area contributed by atoms with E-state index in [1.807, 2.05) is 11.4 Å². The van der Waals surface area contributed by atoms with Crippen molar-refractivity contribution in [3.8, 4) is 31.0 Å². The highest BCUT2D eigenvalue weighted by molar-refractivity contribution is 7.21. The molecule has 27 heavy (non-hydrogen) atoms. The molecule has 0 saturated carbocycles. The standard InChI is InChI=1S/C16H10N4O3S4/c1-23-16(22)9-5-25-14(20-9)7-2-3-24-11(7)10-12(27-6-18-10)15-19-8(4-26-15)13(17)21/h2-6H,1H3,(H2,17,21). The van der Waals surface area contributed by atoms with Crippen LogP contribution in [0.1, 0.15) is 21.0 Å². The Labute approximate surface area is 169 Å². The Morgan fingerprint density at radius 3 is 2.48 bits per heavy atom. The summed E-state index contributed by atoms with van der Waals surface area (Å²) in [5.41, 5.74) is 9.21. The van der Waals surface area contributed by atoms with Crippen molar-refractivity contribution in [2.24, 2.45) is 5.73 Å². The maximum atomic E-state index is 11.7. The van der Waals surface area contributed by atoms with E-state index in [0.717, 1.165) is 21.0 Å². The van der Waals surface area contributed by atoms with Crippen molar-refractivity contribution in [2.45, 2.75) is 0 Å². The van der Waals surface area contributed by atoms with Gasteiger partial charge in [0.2, 0.25) is 0 Å². The van der Waals surface area contributed by atoms with Crippen LogP contribution in [0, 0.1) is 0 Å². The number of ether oxygens (including phenoxy) is 1. The predicted octanol–water partition coefficient (Wildman–Crippen LogP) is 4.00. The molecule has 0 radical (unpaired) electrons. The Kier molecular flexibility index (Phi) is 4.83. The Balaban J connectivity index is 1.75. The van der Waals surface area contributed by atoms with E-state index in [4.69, 9.17) is 10.5 Å². The number of thiophene rings is 1. The first-order valence-electron chi connectivity index (χ1n) is 7.39. The van der Waals surface area contributed by atoms with Crippen LogP contribution in [0.4, 0.5) is 0 Å². The summed E-state index contributed by atoms with van der Waals surface area (Å²) in [6.45, 7) is 0. The summed E-state index contributed by atoms with van der Waals surface area (Å²) in [6, 6.07) is 1.94. The second-order valence-corrected chi connectivity index (χ2v) is 8.61. The lowest BCUT2D eigenvalue weighted by Gasteiger charge is -2.01. The smallest absolute Gasteiger partial charge is 0.357 e. The number of carbonyl (C=O) groups is 2. The Morgan fingerprint density at radius 2 is 1.74 bits per heavy atom. The van der Waals surface area contributed by atoms with Crippen molar-refractivity contribution in [2.75, 3.05) is 7.11 Å². The van der Waals surface area contributed by atoms with Gasteiger partial charge in [0.25, 0.3) is 5.91 Å². The van der Waals surface area contributed by atoms with E-state index >= 15 is 0 Å². The zero-order valence-electron chi connectivity index (χ0n) is 13.7. The number of nitrogens with zero attached hydrogens (tertiary/aromatic N) is 3. The van der Waals surface area contributed by atoms with Crippen LogP contribution in [0.5, 0.6) is 0 Å². The average Bonchev–Trinajstić information content (AvgIpc) is 3.45. The van der Waals surface area contributed by atoms with Crippen LogP contribution >= 0.6 is 45.3 Å². The van der Waals surface area contributed by atoms with Gasteiger partial charge in [0, 0.05) is 16.3 Å². The summed E-state index contributed by atoms with van der Waals surface area (Å²) in [6.07, 6.45) is 0. The average molecular weight is 435 g/mol. The second-order valence-electron chi connectivity index (χ2n) is 5.13. The molecule has 11 heteroatoms. The van der Waals surface area contributed by atoms with Gasteiger partial charge in [-0.05, 0) is 11.4 Å². The van der Waals surface area contributed by atoms with Gasteiger partial charge in [-0.1, -0.05) is 0 Å². The van der Waals surface area contributed by atoms with Gasteiger partial charge < -0.3 is 10.5 Å². The van der Waals surface area contributed by atoms with E-state index in [9.17, 15) is 9.59 Å². The van der Waals surface area contributed by atoms with E-state index in [1.165, 1.54) is 52.5 Å². The van der Waals surface area contributed by atoms with E-state index < -0.39 is 11.9 Å². The predicted molar refractivity (Wildman–Crippen MR) is 108 cm³/mol. The molecule has 1 amide bonds. The van der Waals surface area contributed by atoms with Crippen molar-refractivity contribution < 1.29 is 14.3 Å². The third-order valence-corrected chi connectivity index (χ3v) is 7.15. The summed E-state index contributed by atoms with van der Waals surface area (Å²) in [4.78, 5) is 38.0. The van der Waals surface area contributed by atoms with Gasteiger partial charge in [0.05, 0.1) is 22.4 Å². The van der Waals surface area contributed by atoms with Crippen LogP contribution in [0.25, 0.3) is 31.0 Å². The van der Waals surface area contributed by atoms with Crippen molar-refractivity contribution in [3.05, 3.63) is 39.1 Å².